The van der Waals surface area contributed by atoms with Crippen molar-refractivity contribution < 1.29 is 5.11 Å². The summed E-state index contributed by atoms with van der Waals surface area (Å²) in [6.07, 6.45) is 0. The molecule has 0 saturated heterocycles. The van der Waals surface area contributed by atoms with Crippen molar-refractivity contribution in [2.45, 2.75) is 33.7 Å². The summed E-state index contributed by atoms with van der Waals surface area (Å²) in [5.74, 6) is 0. The molecule has 15 heavy (non-hydrogen) atoms. The summed E-state index contributed by atoms with van der Waals surface area (Å²) in [6, 6.07) is 6.15. The number of nitrogens with two attached hydrogens (primary N) is 1. The lowest BCUT2D eigenvalue weighted by molar-refractivity contribution is 0.132. The minimum Gasteiger partial charge on any atom is -0.396 e. The van der Waals surface area contributed by atoms with Gasteiger partial charge in [-0.25, -0.2) is 0 Å². The molecule has 2 nitrogen and oxygen atoms in total. The van der Waals surface area contributed by atoms with Crippen LogP contribution < -0.4 is 5.73 Å². The lowest BCUT2D eigenvalue weighted by Gasteiger charge is -2.31. The quantitative estimate of drug-likeness (QED) is 0.799. The van der Waals surface area contributed by atoms with E-state index in [9.17, 15) is 5.11 Å². The van der Waals surface area contributed by atoms with Gasteiger partial charge in [0.2, 0.25) is 0 Å². The second-order valence-corrected chi connectivity index (χ2v) is 4.98. The first-order valence-corrected chi connectivity index (χ1v) is 5.32. The number of aryl methyl sites for hydroxylation is 2. The molecule has 0 heterocycles. The van der Waals surface area contributed by atoms with E-state index in [4.69, 9.17) is 5.73 Å². The highest BCUT2D eigenvalue weighted by Gasteiger charge is 2.27. The summed E-state index contributed by atoms with van der Waals surface area (Å²) in [4.78, 5) is 0. The zero-order chi connectivity index (χ0) is 11.6. The van der Waals surface area contributed by atoms with Crippen molar-refractivity contribution in [3.05, 3.63) is 34.9 Å². The summed E-state index contributed by atoms with van der Waals surface area (Å²) in [6.45, 7) is 8.18. The van der Waals surface area contributed by atoms with Crippen LogP contribution in [-0.4, -0.2) is 11.7 Å². The lowest BCUT2D eigenvalue weighted by Crippen LogP contribution is -2.32. The number of rotatable bonds is 3. The molecule has 0 unspecified atom stereocenters. The van der Waals surface area contributed by atoms with E-state index in [1.807, 2.05) is 13.8 Å². The monoisotopic (exact) mass is 207 g/mol. The smallest absolute Gasteiger partial charge is 0.0500 e. The van der Waals surface area contributed by atoms with Crippen molar-refractivity contribution in [2.24, 2.45) is 11.1 Å². The second-order valence-electron chi connectivity index (χ2n) is 4.98. The van der Waals surface area contributed by atoms with Crippen LogP contribution in [0.3, 0.4) is 0 Å². The predicted molar refractivity (Wildman–Crippen MR) is 63.7 cm³/mol. The summed E-state index contributed by atoms with van der Waals surface area (Å²) in [5.41, 5.74) is 9.44. The summed E-state index contributed by atoms with van der Waals surface area (Å²) in [7, 11) is 0. The van der Waals surface area contributed by atoms with E-state index in [0.717, 1.165) is 5.56 Å². The third-order valence-corrected chi connectivity index (χ3v) is 3.02. The van der Waals surface area contributed by atoms with Crippen LogP contribution in [0.1, 0.15) is 36.6 Å². The van der Waals surface area contributed by atoms with E-state index < -0.39 is 0 Å². The predicted octanol–water partition coefficient (Wildman–Crippen LogP) is 2.32. The molecule has 1 rings (SSSR count). The Labute approximate surface area is 92.1 Å². The minimum absolute atomic E-state index is 0.0988. The molecule has 0 aromatic heterocycles. The number of hydrogen-bond acceptors (Lipinski definition) is 2. The number of aliphatic hydroxyl groups is 1. The average Bonchev–Trinajstić information content (AvgIpc) is 2.20. The largest absolute Gasteiger partial charge is 0.396 e. The lowest BCUT2D eigenvalue weighted by atomic mass is 9.80. The Morgan fingerprint density at radius 1 is 1.33 bits per heavy atom. The van der Waals surface area contributed by atoms with Crippen LogP contribution in [0.2, 0.25) is 0 Å². The van der Waals surface area contributed by atoms with Gasteiger partial charge in [-0.15, -0.1) is 0 Å². The van der Waals surface area contributed by atoms with E-state index in [1.165, 1.54) is 11.1 Å². The van der Waals surface area contributed by atoms with E-state index in [1.54, 1.807) is 0 Å². The van der Waals surface area contributed by atoms with Crippen LogP contribution in [0.25, 0.3) is 0 Å². The third kappa shape index (κ3) is 2.58. The van der Waals surface area contributed by atoms with Crippen molar-refractivity contribution in [1.29, 1.82) is 0 Å². The van der Waals surface area contributed by atoms with Gasteiger partial charge in [-0.3, -0.25) is 0 Å². The minimum atomic E-state index is -0.279. The maximum absolute atomic E-state index is 9.31. The van der Waals surface area contributed by atoms with Gasteiger partial charge in [0.25, 0.3) is 0 Å². The van der Waals surface area contributed by atoms with E-state index >= 15 is 0 Å². The van der Waals surface area contributed by atoms with E-state index in [-0.39, 0.29) is 18.1 Å². The van der Waals surface area contributed by atoms with E-state index in [0.29, 0.717) is 0 Å². The Morgan fingerprint density at radius 3 is 2.47 bits per heavy atom. The fourth-order valence-electron chi connectivity index (χ4n) is 1.61. The van der Waals surface area contributed by atoms with Crippen LogP contribution in [-0.2, 0) is 0 Å². The molecule has 0 aliphatic carbocycles. The van der Waals surface area contributed by atoms with Crippen LogP contribution in [0.4, 0.5) is 0 Å². The molecule has 0 fully saturated rings. The number of hydrogen-bond donors (Lipinski definition) is 2. The Morgan fingerprint density at radius 2 is 1.93 bits per heavy atom. The average molecular weight is 207 g/mol. The summed E-state index contributed by atoms with van der Waals surface area (Å²) < 4.78 is 0. The van der Waals surface area contributed by atoms with Crippen molar-refractivity contribution in [3.63, 3.8) is 0 Å². The molecule has 84 valence electrons. The van der Waals surface area contributed by atoms with Crippen LogP contribution in [0, 0.1) is 19.3 Å². The molecule has 3 N–H and O–H groups in total. The van der Waals surface area contributed by atoms with Gasteiger partial charge in [-0.2, -0.15) is 0 Å². The fourth-order valence-corrected chi connectivity index (χ4v) is 1.61. The second kappa shape index (κ2) is 4.33. The van der Waals surface area contributed by atoms with Gasteiger partial charge in [0.05, 0.1) is 0 Å². The highest BCUT2D eigenvalue weighted by atomic mass is 16.3. The molecule has 0 radical (unpaired) electrons. The SMILES string of the molecule is Cc1ccc(C)c([C@@H](N)C(C)(C)CO)c1. The summed E-state index contributed by atoms with van der Waals surface area (Å²) >= 11 is 0. The third-order valence-electron chi connectivity index (χ3n) is 3.02. The van der Waals surface area contributed by atoms with Crippen molar-refractivity contribution >= 4 is 0 Å². The molecule has 1 aromatic rings. The molecule has 1 aromatic carbocycles. The highest BCUT2D eigenvalue weighted by Crippen LogP contribution is 2.32. The highest BCUT2D eigenvalue weighted by molar-refractivity contribution is 5.33. The number of benzene rings is 1. The molecular formula is C13H21NO. The molecule has 0 spiro atoms. The molecule has 1 atom stereocenters. The van der Waals surface area contributed by atoms with Crippen LogP contribution in [0.5, 0.6) is 0 Å². The van der Waals surface area contributed by atoms with Crippen molar-refractivity contribution in [3.8, 4) is 0 Å². The summed E-state index contributed by atoms with van der Waals surface area (Å²) in [5, 5.41) is 9.31. The first-order valence-electron chi connectivity index (χ1n) is 5.32. The normalized spacial score (nSPS) is 14.0. The zero-order valence-corrected chi connectivity index (χ0v) is 10.0. The van der Waals surface area contributed by atoms with Gasteiger partial charge >= 0.3 is 0 Å². The molecular weight excluding hydrogens is 186 g/mol. The molecule has 0 bridgehead atoms. The molecule has 0 aliphatic rings. The maximum atomic E-state index is 9.31. The topological polar surface area (TPSA) is 46.2 Å². The standard InChI is InChI=1S/C13H21NO/c1-9-5-6-10(2)11(7-9)12(14)13(3,4)8-15/h5-7,12,15H,8,14H2,1-4H3/t12-/m1/s1. The first-order chi connectivity index (χ1) is 6.88. The molecule has 0 amide bonds. The van der Waals surface area contributed by atoms with Crippen LogP contribution >= 0.6 is 0 Å². The van der Waals surface area contributed by atoms with Gasteiger partial charge in [-0.05, 0) is 25.0 Å². The Hall–Kier alpha value is -0.860. The van der Waals surface area contributed by atoms with Crippen molar-refractivity contribution in [1.82, 2.24) is 0 Å². The fraction of sp³-hybridized carbons (Fsp3) is 0.538. The Balaban J connectivity index is 3.10. The Bertz CT molecular complexity index is 344. The van der Waals surface area contributed by atoms with Gasteiger partial charge in [-0.1, -0.05) is 37.6 Å². The van der Waals surface area contributed by atoms with Crippen LogP contribution in [0.15, 0.2) is 18.2 Å². The van der Waals surface area contributed by atoms with Gasteiger partial charge in [0.1, 0.15) is 0 Å². The van der Waals surface area contributed by atoms with Crippen molar-refractivity contribution in [2.75, 3.05) is 6.61 Å². The first kappa shape index (κ1) is 12.2. The maximum Gasteiger partial charge on any atom is 0.0500 e. The molecule has 2 heteroatoms. The van der Waals surface area contributed by atoms with E-state index in [2.05, 4.69) is 32.0 Å². The van der Waals surface area contributed by atoms with Gasteiger partial charge in [0.15, 0.2) is 0 Å². The van der Waals surface area contributed by atoms with Gasteiger partial charge < -0.3 is 10.8 Å². The molecule has 0 aliphatic heterocycles. The Kier molecular flexibility index (Phi) is 3.53. The number of aliphatic hydroxyl groups excluding tert-OH is 1. The molecule has 0 saturated carbocycles. The van der Waals surface area contributed by atoms with Gasteiger partial charge in [0, 0.05) is 18.1 Å². The zero-order valence-electron chi connectivity index (χ0n) is 10.0.